The quantitative estimate of drug-likeness (QED) is 0.619. The van der Waals surface area contributed by atoms with Gasteiger partial charge in [-0.05, 0) is 58.2 Å². The summed E-state index contributed by atoms with van der Waals surface area (Å²) >= 11 is 13.9. The first-order valence-electron chi connectivity index (χ1n) is 5.73. The summed E-state index contributed by atoms with van der Waals surface area (Å²) in [7, 11) is 0. The number of hydrogen-bond donors (Lipinski definition) is 2. The predicted molar refractivity (Wildman–Crippen MR) is 76.5 cm³/mol. The molecule has 3 nitrogen and oxygen atoms in total. The number of ether oxygens (including phenoxy) is 1. The molecule has 0 unspecified atom stereocenters. The van der Waals surface area contributed by atoms with Crippen LogP contribution in [0.1, 0.15) is 46.5 Å². The predicted octanol–water partition coefficient (Wildman–Crippen LogP) is 3.24. The molecule has 1 aliphatic rings. The van der Waals surface area contributed by atoms with Crippen molar-refractivity contribution in [2.45, 2.75) is 63.7 Å². The van der Waals surface area contributed by atoms with Gasteiger partial charge in [0, 0.05) is 0 Å². The van der Waals surface area contributed by atoms with Crippen LogP contribution in [0.4, 0.5) is 0 Å². The molecule has 0 N–H and O–H groups in total. The number of rotatable bonds is 3. The summed E-state index contributed by atoms with van der Waals surface area (Å²) in [6.07, 6.45) is 3.04. The maximum Gasteiger partial charge on any atom is 0.208 e. The lowest BCUT2D eigenvalue weighted by Crippen LogP contribution is -2.49. The van der Waals surface area contributed by atoms with E-state index in [4.69, 9.17) is 16.5 Å². The molecular weight excluding hydrogens is 278 g/mol. The van der Waals surface area contributed by atoms with Crippen molar-refractivity contribution in [2.75, 3.05) is 0 Å². The molecule has 0 aromatic carbocycles. The second kappa shape index (κ2) is 5.70. The lowest BCUT2D eigenvalue weighted by molar-refractivity contribution is -0.123. The van der Waals surface area contributed by atoms with Crippen molar-refractivity contribution in [2.24, 2.45) is 0 Å². The van der Waals surface area contributed by atoms with E-state index in [2.05, 4.69) is 25.4 Å². The first-order chi connectivity index (χ1) is 7.67. The number of thiol groups is 2. The molecule has 100 valence electrons. The van der Waals surface area contributed by atoms with Crippen LogP contribution in [0.3, 0.4) is 0 Å². The molecule has 0 saturated heterocycles. The van der Waals surface area contributed by atoms with Gasteiger partial charge in [0.1, 0.15) is 5.54 Å². The Morgan fingerprint density at radius 2 is 1.88 bits per heavy atom. The molecule has 0 radical (unpaired) electrons. The summed E-state index contributed by atoms with van der Waals surface area (Å²) < 4.78 is 7.08. The molecule has 0 aromatic rings. The van der Waals surface area contributed by atoms with E-state index in [-0.39, 0.29) is 16.8 Å². The maximum absolute atomic E-state index is 11.6. The standard InChI is InChI=1S/C11H20ClNO2S2/c1-10(2,3)15-8-4-6-11(7-5-8,9(14)16)13(12)17/h8,17H,4-7H2,1-3H3,(H,14,16). The molecule has 1 aliphatic carbocycles. The molecule has 0 heterocycles. The number of halogens is 1. The molecule has 1 rings (SSSR count). The highest BCUT2D eigenvalue weighted by Gasteiger charge is 2.44. The summed E-state index contributed by atoms with van der Waals surface area (Å²) in [5, 5.41) is -0.225. The highest BCUT2D eigenvalue weighted by atomic mass is 35.5. The summed E-state index contributed by atoms with van der Waals surface area (Å²) in [6, 6.07) is 0. The van der Waals surface area contributed by atoms with E-state index in [0.29, 0.717) is 12.8 Å². The first kappa shape index (κ1) is 15.6. The number of carbonyl (C=O) groups is 1. The molecule has 0 bridgehead atoms. The second-order valence-corrected chi connectivity index (χ2v) is 6.91. The summed E-state index contributed by atoms with van der Waals surface area (Å²) in [5.41, 5.74) is -0.914. The van der Waals surface area contributed by atoms with Crippen molar-refractivity contribution in [1.82, 2.24) is 3.82 Å². The molecular formula is C11H20ClNO2S2. The van der Waals surface area contributed by atoms with Crippen LogP contribution >= 0.6 is 37.2 Å². The van der Waals surface area contributed by atoms with Crippen LogP contribution in [0.2, 0.25) is 0 Å². The third kappa shape index (κ3) is 4.03. The summed E-state index contributed by atoms with van der Waals surface area (Å²) in [6.45, 7) is 6.10. The van der Waals surface area contributed by atoms with Crippen molar-refractivity contribution in [1.29, 1.82) is 0 Å². The average molecular weight is 298 g/mol. The summed E-state index contributed by atoms with van der Waals surface area (Å²) in [5.74, 6) is 0. The van der Waals surface area contributed by atoms with Crippen LogP contribution in [-0.2, 0) is 9.53 Å². The normalized spacial score (nSPS) is 30.6. The molecule has 0 aromatic heterocycles. The maximum atomic E-state index is 11.6. The van der Waals surface area contributed by atoms with Crippen molar-refractivity contribution in [3.8, 4) is 0 Å². The van der Waals surface area contributed by atoms with Gasteiger partial charge in [0.05, 0.1) is 11.7 Å². The van der Waals surface area contributed by atoms with Gasteiger partial charge in [0.2, 0.25) is 5.12 Å². The Morgan fingerprint density at radius 1 is 1.41 bits per heavy atom. The fraction of sp³-hybridized carbons (Fsp3) is 0.909. The molecule has 0 aliphatic heterocycles. The monoisotopic (exact) mass is 297 g/mol. The zero-order valence-electron chi connectivity index (χ0n) is 10.4. The molecule has 17 heavy (non-hydrogen) atoms. The Morgan fingerprint density at radius 3 is 2.18 bits per heavy atom. The minimum Gasteiger partial charge on any atom is -0.373 e. The minimum atomic E-state index is -0.758. The third-order valence-corrected chi connectivity index (χ3v) is 4.15. The fourth-order valence-electron chi connectivity index (χ4n) is 2.16. The zero-order chi connectivity index (χ0) is 13.3. The highest BCUT2D eigenvalue weighted by molar-refractivity contribution is 7.97. The van der Waals surface area contributed by atoms with Crippen LogP contribution in [-0.4, -0.2) is 26.2 Å². The van der Waals surface area contributed by atoms with Crippen molar-refractivity contribution in [3.63, 3.8) is 0 Å². The van der Waals surface area contributed by atoms with Crippen LogP contribution in [0.5, 0.6) is 0 Å². The van der Waals surface area contributed by atoms with Gasteiger partial charge in [0.15, 0.2) is 0 Å². The van der Waals surface area contributed by atoms with Crippen LogP contribution in [0.15, 0.2) is 0 Å². The van der Waals surface area contributed by atoms with E-state index < -0.39 is 5.54 Å². The zero-order valence-corrected chi connectivity index (χ0v) is 13.0. The number of nitrogens with zero attached hydrogens (tertiary/aromatic N) is 1. The third-order valence-electron chi connectivity index (χ3n) is 3.03. The second-order valence-electron chi connectivity index (χ2n) is 5.53. The number of carbonyl (C=O) groups excluding carboxylic acids is 1. The van der Waals surface area contributed by atoms with Gasteiger partial charge in [-0.3, -0.25) is 4.79 Å². The van der Waals surface area contributed by atoms with Gasteiger partial charge < -0.3 is 4.74 Å². The summed E-state index contributed by atoms with van der Waals surface area (Å²) in [4.78, 5) is 11.6. The van der Waals surface area contributed by atoms with Gasteiger partial charge in [-0.15, -0.1) is 12.6 Å². The molecule has 1 fully saturated rings. The molecule has 0 amide bonds. The van der Waals surface area contributed by atoms with Gasteiger partial charge in [0.25, 0.3) is 0 Å². The highest BCUT2D eigenvalue weighted by Crippen LogP contribution is 2.39. The van der Waals surface area contributed by atoms with Gasteiger partial charge >= 0.3 is 0 Å². The molecule has 0 atom stereocenters. The lowest BCUT2D eigenvalue weighted by atomic mass is 9.82. The fourth-order valence-corrected chi connectivity index (χ4v) is 3.16. The Hall–Kier alpha value is 0.580. The van der Waals surface area contributed by atoms with Crippen LogP contribution in [0.25, 0.3) is 0 Å². The van der Waals surface area contributed by atoms with Crippen LogP contribution < -0.4 is 0 Å². The molecule has 1 saturated carbocycles. The Kier molecular flexibility index (Phi) is 5.24. The first-order valence-corrected chi connectivity index (χ1v) is 6.92. The largest absolute Gasteiger partial charge is 0.373 e. The lowest BCUT2D eigenvalue weighted by Gasteiger charge is -2.41. The van der Waals surface area contributed by atoms with Crippen molar-refractivity contribution in [3.05, 3.63) is 0 Å². The minimum absolute atomic E-state index is 0.155. The van der Waals surface area contributed by atoms with E-state index in [1.807, 2.05) is 20.8 Å². The van der Waals surface area contributed by atoms with E-state index in [1.54, 1.807) is 0 Å². The van der Waals surface area contributed by atoms with Crippen LogP contribution in [0, 0.1) is 0 Å². The van der Waals surface area contributed by atoms with E-state index in [0.717, 1.165) is 12.8 Å². The topological polar surface area (TPSA) is 29.5 Å². The van der Waals surface area contributed by atoms with Gasteiger partial charge in [-0.2, -0.15) is 3.82 Å². The Balaban J connectivity index is 2.63. The van der Waals surface area contributed by atoms with Crippen molar-refractivity contribution >= 4 is 42.3 Å². The number of hydrogen-bond acceptors (Lipinski definition) is 4. The van der Waals surface area contributed by atoms with Gasteiger partial charge in [-0.25, -0.2) is 0 Å². The van der Waals surface area contributed by atoms with E-state index in [9.17, 15) is 4.79 Å². The molecule has 6 heteroatoms. The average Bonchev–Trinajstić information content (AvgIpc) is 2.15. The Labute approximate surface area is 119 Å². The Bertz CT molecular complexity index is 284. The van der Waals surface area contributed by atoms with E-state index >= 15 is 0 Å². The van der Waals surface area contributed by atoms with Crippen molar-refractivity contribution < 1.29 is 9.53 Å². The molecule has 0 spiro atoms. The van der Waals surface area contributed by atoms with E-state index in [1.165, 1.54) is 3.82 Å². The van der Waals surface area contributed by atoms with Gasteiger partial charge in [-0.1, -0.05) is 12.8 Å². The smallest absolute Gasteiger partial charge is 0.208 e. The SMILES string of the molecule is CC(C)(C)OC1CCC(C(=O)S)(N(S)Cl)CC1.